The first kappa shape index (κ1) is 29.0. The van der Waals surface area contributed by atoms with E-state index in [9.17, 15) is 14.4 Å². The molecule has 2 amide bonds. The second-order valence-electron chi connectivity index (χ2n) is 10.0. The maximum atomic E-state index is 13.6. The first-order valence-corrected chi connectivity index (χ1v) is 14.8. The molecule has 1 aliphatic rings. The Morgan fingerprint density at radius 3 is 2.13 bits per heavy atom. The molecule has 1 unspecified atom stereocenters. The van der Waals surface area contributed by atoms with Crippen molar-refractivity contribution in [1.82, 2.24) is 5.32 Å². The number of hydrogen-bond acceptors (Lipinski definition) is 3. The van der Waals surface area contributed by atoms with Crippen LogP contribution in [0.4, 0.5) is 5.69 Å². The smallest absolute Gasteiger partial charge is 0.305 e. The Balaban J connectivity index is 1.53. The van der Waals surface area contributed by atoms with Crippen molar-refractivity contribution in [3.05, 3.63) is 97.9 Å². The van der Waals surface area contributed by atoms with Gasteiger partial charge in [-0.1, -0.05) is 87.5 Å². The second-order valence-corrected chi connectivity index (χ2v) is 11.8. The maximum absolute atomic E-state index is 13.6. The van der Waals surface area contributed by atoms with Gasteiger partial charge in [0.1, 0.15) is 0 Å². The number of carboxylic acid groups (broad SMARTS) is 1. The third-order valence-corrected chi connectivity index (χ3v) is 8.06. The number of carboxylic acids is 1. The summed E-state index contributed by atoms with van der Waals surface area (Å²) in [5, 5.41) is 14.5. The van der Waals surface area contributed by atoms with Gasteiger partial charge in [-0.25, -0.2) is 0 Å². The van der Waals surface area contributed by atoms with E-state index in [-0.39, 0.29) is 24.8 Å². The lowest BCUT2D eigenvalue weighted by Gasteiger charge is -2.23. The third kappa shape index (κ3) is 8.51. The van der Waals surface area contributed by atoms with Gasteiger partial charge in [0.2, 0.25) is 5.91 Å². The Labute approximate surface area is 245 Å². The van der Waals surface area contributed by atoms with E-state index < -0.39 is 11.9 Å². The van der Waals surface area contributed by atoms with Crippen molar-refractivity contribution in [2.24, 2.45) is 0 Å². The lowest BCUT2D eigenvalue weighted by atomic mass is 9.83. The van der Waals surface area contributed by atoms with Gasteiger partial charge in [-0.2, -0.15) is 0 Å². The quantitative estimate of drug-likeness (QED) is 0.212. The molecule has 3 aromatic carbocycles. The monoisotopic (exact) mass is 654 g/mol. The Kier molecular flexibility index (Phi) is 10.3. The summed E-state index contributed by atoms with van der Waals surface area (Å²) in [7, 11) is 0. The summed E-state index contributed by atoms with van der Waals surface area (Å²) in [4.78, 5) is 36.7. The highest BCUT2D eigenvalue weighted by molar-refractivity contribution is 9.11. The zero-order valence-electron chi connectivity index (χ0n) is 21.6. The summed E-state index contributed by atoms with van der Waals surface area (Å²) in [6, 6.07) is 21.2. The number of carbonyl (C=O) groups excluding carboxylic acids is 2. The predicted molar refractivity (Wildman–Crippen MR) is 160 cm³/mol. The number of hydrogen-bond donors (Lipinski definition) is 3. The number of nitrogens with one attached hydrogen (secondary N) is 2. The summed E-state index contributed by atoms with van der Waals surface area (Å²) >= 11 is 6.96. The number of amides is 2. The second kappa shape index (κ2) is 13.9. The normalized spacial score (nSPS) is 14.4. The SMILES string of the molecule is O=C(O)CCNC(=O)c1ccc(CC(C(=O)Nc2cc(Br)cc(Br)c2)c2ccc(C3CCCCC3)cc2)cc1. The van der Waals surface area contributed by atoms with Gasteiger partial charge in [-0.15, -0.1) is 0 Å². The first-order valence-electron chi connectivity index (χ1n) is 13.2. The molecule has 0 spiro atoms. The van der Waals surface area contributed by atoms with E-state index in [1.807, 2.05) is 30.3 Å². The molecule has 1 aliphatic carbocycles. The Morgan fingerprint density at radius 2 is 1.51 bits per heavy atom. The largest absolute Gasteiger partial charge is 0.481 e. The van der Waals surface area contributed by atoms with Crippen LogP contribution in [0, 0.1) is 0 Å². The highest BCUT2D eigenvalue weighted by Crippen LogP contribution is 2.34. The van der Waals surface area contributed by atoms with Gasteiger partial charge in [-0.05, 0) is 72.2 Å². The fraction of sp³-hybridized carbons (Fsp3) is 0.323. The minimum Gasteiger partial charge on any atom is -0.481 e. The number of carbonyl (C=O) groups is 3. The van der Waals surface area contributed by atoms with Crippen molar-refractivity contribution in [2.75, 3.05) is 11.9 Å². The minimum atomic E-state index is -0.961. The first-order chi connectivity index (χ1) is 18.8. The Morgan fingerprint density at radius 1 is 0.872 bits per heavy atom. The van der Waals surface area contributed by atoms with Crippen LogP contribution in [0.5, 0.6) is 0 Å². The zero-order valence-corrected chi connectivity index (χ0v) is 24.8. The molecule has 1 atom stereocenters. The van der Waals surface area contributed by atoms with E-state index in [2.05, 4.69) is 66.8 Å². The summed E-state index contributed by atoms with van der Waals surface area (Å²) in [6.45, 7) is 0.0702. The van der Waals surface area contributed by atoms with Crippen molar-refractivity contribution in [1.29, 1.82) is 0 Å². The number of rotatable bonds is 10. The van der Waals surface area contributed by atoms with Crippen molar-refractivity contribution in [3.63, 3.8) is 0 Å². The molecule has 0 heterocycles. The minimum absolute atomic E-state index is 0.0702. The molecular formula is C31H32Br2N2O4. The van der Waals surface area contributed by atoms with Crippen LogP contribution >= 0.6 is 31.9 Å². The summed E-state index contributed by atoms with van der Waals surface area (Å²) in [6.07, 6.45) is 6.62. The molecule has 0 aromatic heterocycles. The Bertz CT molecular complexity index is 1280. The highest BCUT2D eigenvalue weighted by atomic mass is 79.9. The van der Waals surface area contributed by atoms with Gasteiger partial charge < -0.3 is 15.7 Å². The van der Waals surface area contributed by atoms with Gasteiger partial charge in [0.15, 0.2) is 0 Å². The topological polar surface area (TPSA) is 95.5 Å². The van der Waals surface area contributed by atoms with Crippen LogP contribution in [0.3, 0.4) is 0 Å². The third-order valence-electron chi connectivity index (χ3n) is 7.14. The molecule has 4 rings (SSSR count). The van der Waals surface area contributed by atoms with Crippen molar-refractivity contribution >= 4 is 55.3 Å². The van der Waals surface area contributed by atoms with Crippen molar-refractivity contribution in [3.8, 4) is 0 Å². The predicted octanol–water partition coefficient (Wildman–Crippen LogP) is 7.43. The Hall–Kier alpha value is -2.97. The molecule has 1 saturated carbocycles. The lowest BCUT2D eigenvalue weighted by Crippen LogP contribution is -2.26. The average Bonchev–Trinajstić information content (AvgIpc) is 2.92. The molecule has 1 fully saturated rings. The van der Waals surface area contributed by atoms with E-state index in [1.165, 1.54) is 37.7 Å². The molecule has 8 heteroatoms. The molecular weight excluding hydrogens is 624 g/mol. The van der Waals surface area contributed by atoms with Gasteiger partial charge in [0.05, 0.1) is 12.3 Å². The molecule has 6 nitrogen and oxygen atoms in total. The number of halogens is 2. The van der Waals surface area contributed by atoms with Crippen LogP contribution in [0.15, 0.2) is 75.7 Å². The van der Waals surface area contributed by atoms with Crippen molar-refractivity contribution < 1.29 is 19.5 Å². The number of benzene rings is 3. The van der Waals surface area contributed by atoms with Gasteiger partial charge in [0.25, 0.3) is 5.91 Å². The highest BCUT2D eigenvalue weighted by Gasteiger charge is 2.23. The van der Waals surface area contributed by atoms with E-state index in [0.717, 1.165) is 20.1 Å². The molecule has 0 radical (unpaired) electrons. The average molecular weight is 656 g/mol. The fourth-order valence-corrected chi connectivity index (χ4v) is 6.36. The standard InChI is InChI=1S/C31H32Br2N2O4/c32-25-17-26(33)19-27(18-25)35-31(39)28(23-12-10-22(11-13-23)21-4-2-1-3-5-21)16-20-6-8-24(9-7-20)30(38)34-15-14-29(36)37/h6-13,17-19,21,28H,1-5,14-16H2,(H,34,38)(H,35,39)(H,36,37). The van der Waals surface area contributed by atoms with Crippen LogP contribution in [-0.4, -0.2) is 29.4 Å². The molecule has 0 saturated heterocycles. The van der Waals surface area contributed by atoms with Crippen molar-refractivity contribution in [2.45, 2.75) is 56.8 Å². The number of aliphatic carboxylic acids is 1. The van der Waals surface area contributed by atoms with E-state index in [0.29, 0.717) is 23.6 Å². The molecule has 0 bridgehead atoms. The van der Waals surface area contributed by atoms with Crippen LogP contribution in [0.25, 0.3) is 0 Å². The fourth-order valence-electron chi connectivity index (χ4n) is 5.07. The van der Waals surface area contributed by atoms with Crippen LogP contribution in [-0.2, 0) is 16.0 Å². The zero-order chi connectivity index (χ0) is 27.8. The van der Waals surface area contributed by atoms with Gasteiger partial charge in [0, 0.05) is 26.7 Å². The lowest BCUT2D eigenvalue weighted by molar-refractivity contribution is -0.136. The van der Waals surface area contributed by atoms with E-state index >= 15 is 0 Å². The molecule has 204 valence electrons. The molecule has 0 aliphatic heterocycles. The van der Waals surface area contributed by atoms with Gasteiger partial charge >= 0.3 is 5.97 Å². The number of anilines is 1. The summed E-state index contributed by atoms with van der Waals surface area (Å²) < 4.78 is 1.72. The molecule has 39 heavy (non-hydrogen) atoms. The van der Waals surface area contributed by atoms with E-state index in [1.54, 1.807) is 12.1 Å². The van der Waals surface area contributed by atoms with E-state index in [4.69, 9.17) is 5.11 Å². The summed E-state index contributed by atoms with van der Waals surface area (Å²) in [5.74, 6) is -1.24. The molecule has 3 aromatic rings. The van der Waals surface area contributed by atoms with Gasteiger partial charge in [-0.3, -0.25) is 14.4 Å². The molecule has 3 N–H and O–H groups in total. The van der Waals surface area contributed by atoms with Crippen LogP contribution in [0.2, 0.25) is 0 Å². The summed E-state index contributed by atoms with van der Waals surface area (Å²) in [5.41, 5.74) is 4.34. The van der Waals surface area contributed by atoms with Crippen LogP contribution in [0.1, 0.15) is 77.4 Å². The maximum Gasteiger partial charge on any atom is 0.305 e. The van der Waals surface area contributed by atoms with Crippen LogP contribution < -0.4 is 10.6 Å².